The van der Waals surface area contributed by atoms with Crippen molar-refractivity contribution >= 4 is 40.8 Å². The van der Waals surface area contributed by atoms with E-state index in [-0.39, 0.29) is 35.0 Å². The van der Waals surface area contributed by atoms with Crippen molar-refractivity contribution in [3.8, 4) is 5.88 Å². The molecule has 1 aromatic heterocycles. The minimum atomic E-state index is -4.68. The molecule has 1 amide bonds. The summed E-state index contributed by atoms with van der Waals surface area (Å²) < 4.78 is 48.1. The van der Waals surface area contributed by atoms with E-state index in [4.69, 9.17) is 16.3 Å². The third kappa shape index (κ3) is 6.56. The highest BCUT2D eigenvalue weighted by Gasteiger charge is 2.34. The van der Waals surface area contributed by atoms with Crippen LogP contribution in [0.3, 0.4) is 0 Å². The van der Waals surface area contributed by atoms with E-state index in [1.165, 1.54) is 30.3 Å². The molecule has 3 aromatic rings. The van der Waals surface area contributed by atoms with Crippen LogP contribution in [-0.2, 0) is 23.9 Å². The Morgan fingerprint density at radius 1 is 1.18 bits per heavy atom. The number of hydrogen-bond donors (Lipinski definition) is 1. The Hall–Kier alpha value is -3.64. The van der Waals surface area contributed by atoms with E-state index in [0.717, 1.165) is 10.6 Å². The van der Waals surface area contributed by atoms with Crippen LogP contribution in [0, 0.1) is 0 Å². The van der Waals surface area contributed by atoms with Gasteiger partial charge in [-0.15, -0.1) is 0 Å². The second-order valence-corrected chi connectivity index (χ2v) is 11.5. The number of rotatable bonds is 6. The van der Waals surface area contributed by atoms with E-state index in [0.29, 0.717) is 33.0 Å². The standard InChI is InChI=1S/C27H26ClF3N4O4S/c1-26(2,3)39-24(37)34(4)9-10-35-23(36)22(40-25(35)38)19(15-6-8-21-17(11-15)14-32-33-21)12-16-5-7-18(28)13-20(16)27(29,30)31/h5-8,11,13-14,36H,9-10,12H2,1-4H3. The number of halogens is 4. The Morgan fingerprint density at radius 3 is 2.58 bits per heavy atom. The predicted octanol–water partition coefficient (Wildman–Crippen LogP) is 4.56. The van der Waals surface area contributed by atoms with Gasteiger partial charge in [-0.1, -0.05) is 35.1 Å². The second kappa shape index (κ2) is 11.1. The molecule has 13 heteroatoms. The van der Waals surface area contributed by atoms with E-state index in [1.807, 2.05) is 0 Å². The van der Waals surface area contributed by atoms with E-state index < -0.39 is 34.2 Å². The molecule has 4 rings (SSSR count). The van der Waals surface area contributed by atoms with Crippen LogP contribution in [0.25, 0.3) is 5.57 Å². The summed E-state index contributed by atoms with van der Waals surface area (Å²) in [7, 11) is 1.50. The van der Waals surface area contributed by atoms with Gasteiger partial charge in [0, 0.05) is 37.1 Å². The summed E-state index contributed by atoms with van der Waals surface area (Å²) in [4.78, 5) is 26.1. The van der Waals surface area contributed by atoms with Crippen LogP contribution in [0.2, 0.25) is 5.02 Å². The van der Waals surface area contributed by atoms with Gasteiger partial charge in [-0.2, -0.15) is 23.4 Å². The molecule has 212 valence electrons. The first kappa shape index (κ1) is 29.3. The molecule has 0 unspecified atom stereocenters. The summed E-state index contributed by atoms with van der Waals surface area (Å²) >= 11 is 6.58. The fourth-order valence-corrected chi connectivity index (χ4v) is 5.18. The molecule has 0 saturated carbocycles. The van der Waals surface area contributed by atoms with E-state index in [1.54, 1.807) is 39.0 Å². The number of carbonyl (C=O) groups is 1. The largest absolute Gasteiger partial charge is 0.493 e. The fourth-order valence-electron chi connectivity index (χ4n) is 4.03. The molecule has 0 radical (unpaired) electrons. The van der Waals surface area contributed by atoms with Crippen LogP contribution in [-0.4, -0.2) is 46.1 Å². The van der Waals surface area contributed by atoms with Crippen molar-refractivity contribution in [3.63, 3.8) is 0 Å². The number of carbonyl (C=O) groups excluding carboxylic acids is 1. The molecule has 0 atom stereocenters. The first-order valence-electron chi connectivity index (χ1n) is 12.1. The minimum absolute atomic E-state index is 0.0418. The molecule has 2 aromatic carbocycles. The van der Waals surface area contributed by atoms with Crippen molar-refractivity contribution < 1.29 is 27.8 Å². The van der Waals surface area contributed by atoms with Gasteiger partial charge in [0.25, 0.3) is 0 Å². The summed E-state index contributed by atoms with van der Waals surface area (Å²) in [6.45, 7) is 5.15. The number of amides is 1. The highest BCUT2D eigenvalue weighted by Crippen LogP contribution is 2.37. The highest BCUT2D eigenvalue weighted by molar-refractivity contribution is 7.10. The van der Waals surface area contributed by atoms with Crippen LogP contribution in [0.5, 0.6) is 5.88 Å². The molecule has 40 heavy (non-hydrogen) atoms. The van der Waals surface area contributed by atoms with Crippen molar-refractivity contribution in [1.82, 2.24) is 9.47 Å². The Bertz CT molecular complexity index is 1670. The molecular weight excluding hydrogens is 569 g/mol. The zero-order valence-corrected chi connectivity index (χ0v) is 23.6. The number of hydrogen-bond acceptors (Lipinski definition) is 7. The molecule has 1 N–H and O–H groups in total. The van der Waals surface area contributed by atoms with Gasteiger partial charge < -0.3 is 14.7 Å². The molecule has 0 bridgehead atoms. The zero-order valence-electron chi connectivity index (χ0n) is 22.0. The average Bonchev–Trinajstić information content (AvgIpc) is 3.43. The first-order chi connectivity index (χ1) is 18.6. The van der Waals surface area contributed by atoms with E-state index in [2.05, 4.69) is 10.2 Å². The maximum atomic E-state index is 13.9. The quantitative estimate of drug-likeness (QED) is 0.452. The summed E-state index contributed by atoms with van der Waals surface area (Å²) in [5.41, 5.74) is -0.765. The Balaban J connectivity index is 1.78. The SMILES string of the molecule is CN(CCn1c(O)c(C(Cc2ccc(Cl)cc2C(F)(F)F)=c2ccc3c(c2)C=NN=3)sc1=O)C(=O)OC(C)(C)C. The summed E-state index contributed by atoms with van der Waals surface area (Å²) in [5, 5.41) is 20.0. The number of benzene rings is 2. The summed E-state index contributed by atoms with van der Waals surface area (Å²) in [6.07, 6.45) is -4.03. The summed E-state index contributed by atoms with van der Waals surface area (Å²) in [6, 6.07) is 8.50. The Morgan fingerprint density at radius 2 is 1.90 bits per heavy atom. The smallest absolute Gasteiger partial charge is 0.416 e. The lowest BCUT2D eigenvalue weighted by Gasteiger charge is -2.24. The minimum Gasteiger partial charge on any atom is -0.493 e. The third-order valence-corrected chi connectivity index (χ3v) is 7.25. The normalized spacial score (nSPS) is 13.6. The molecule has 0 saturated heterocycles. The predicted molar refractivity (Wildman–Crippen MR) is 147 cm³/mol. The number of ether oxygens (including phenoxy) is 1. The van der Waals surface area contributed by atoms with E-state index in [9.17, 15) is 27.9 Å². The molecule has 8 nitrogen and oxygen atoms in total. The van der Waals surface area contributed by atoms with E-state index >= 15 is 0 Å². The van der Waals surface area contributed by atoms with Gasteiger partial charge in [0.05, 0.1) is 22.0 Å². The van der Waals surface area contributed by atoms with Gasteiger partial charge in [0.1, 0.15) is 5.60 Å². The van der Waals surface area contributed by atoms with Crippen molar-refractivity contribution in [2.75, 3.05) is 13.6 Å². The number of aromatic hydroxyl groups is 1. The van der Waals surface area contributed by atoms with Crippen LogP contribution in [0.1, 0.15) is 42.3 Å². The molecule has 0 spiro atoms. The molecule has 0 aliphatic carbocycles. The van der Waals surface area contributed by atoms with Crippen LogP contribution < -0.4 is 15.4 Å². The third-order valence-electron chi connectivity index (χ3n) is 5.99. The zero-order chi connectivity index (χ0) is 29.4. The lowest BCUT2D eigenvalue weighted by atomic mass is 9.96. The van der Waals surface area contributed by atoms with Crippen molar-refractivity contribution in [1.29, 1.82) is 0 Å². The maximum absolute atomic E-state index is 13.9. The lowest BCUT2D eigenvalue weighted by Crippen LogP contribution is -2.36. The van der Waals surface area contributed by atoms with Crippen LogP contribution in [0.15, 0.2) is 51.4 Å². The van der Waals surface area contributed by atoms with Crippen molar-refractivity contribution in [3.05, 3.63) is 83.2 Å². The highest BCUT2D eigenvalue weighted by atomic mass is 35.5. The molecule has 1 aliphatic rings. The average molecular weight is 595 g/mol. The number of alkyl halides is 3. The van der Waals surface area contributed by atoms with Gasteiger partial charge in [0.15, 0.2) is 0 Å². The molecular formula is C27H26ClF3N4O4S. The second-order valence-electron chi connectivity index (χ2n) is 10.1. The van der Waals surface area contributed by atoms with Crippen LogP contribution >= 0.6 is 22.9 Å². The molecule has 1 aliphatic heterocycles. The number of aromatic nitrogens is 1. The number of likely N-dealkylation sites (N-methyl/N-ethyl adjacent to an activating group) is 1. The van der Waals surface area contributed by atoms with Gasteiger partial charge in [-0.25, -0.2) is 4.79 Å². The fraction of sp³-hybridized carbons (Fsp3) is 0.333. The van der Waals surface area contributed by atoms with Gasteiger partial charge in [-0.3, -0.25) is 9.36 Å². The van der Waals surface area contributed by atoms with Crippen molar-refractivity contribution in [2.24, 2.45) is 10.2 Å². The Labute approximate surface area is 236 Å². The molecule has 0 fully saturated rings. The first-order valence-corrected chi connectivity index (χ1v) is 13.3. The number of fused-ring (bicyclic) bond motifs is 1. The van der Waals surface area contributed by atoms with Crippen LogP contribution in [0.4, 0.5) is 18.0 Å². The molecule has 2 heterocycles. The number of thiazole rings is 1. The van der Waals surface area contributed by atoms with Gasteiger partial charge in [-0.05, 0) is 61.4 Å². The maximum Gasteiger partial charge on any atom is 0.416 e. The number of nitrogens with zero attached hydrogens (tertiary/aromatic N) is 4. The lowest BCUT2D eigenvalue weighted by molar-refractivity contribution is -0.138. The topological polar surface area (TPSA) is 96.5 Å². The summed E-state index contributed by atoms with van der Waals surface area (Å²) in [5.74, 6) is -0.413. The Kier molecular flexibility index (Phi) is 8.13. The van der Waals surface area contributed by atoms with Gasteiger partial charge >= 0.3 is 17.1 Å². The van der Waals surface area contributed by atoms with Crippen molar-refractivity contribution in [2.45, 2.75) is 45.5 Å². The van der Waals surface area contributed by atoms with Gasteiger partial charge in [0.2, 0.25) is 5.88 Å². The monoisotopic (exact) mass is 594 g/mol.